The molecule has 1 aromatic carbocycles. The minimum atomic E-state index is -0.991. The molecule has 1 fully saturated rings. The van der Waals surface area contributed by atoms with Gasteiger partial charge in [-0.25, -0.2) is 0 Å². The van der Waals surface area contributed by atoms with Crippen molar-refractivity contribution in [2.75, 3.05) is 0 Å². The van der Waals surface area contributed by atoms with Gasteiger partial charge in [0.15, 0.2) is 0 Å². The van der Waals surface area contributed by atoms with E-state index in [0.29, 0.717) is 12.4 Å². The number of ether oxygens (including phenoxy) is 1. The van der Waals surface area contributed by atoms with Crippen molar-refractivity contribution in [3.63, 3.8) is 0 Å². The summed E-state index contributed by atoms with van der Waals surface area (Å²) < 4.78 is 5.19. The largest absolute Gasteiger partial charge is 0.461 e. The van der Waals surface area contributed by atoms with Crippen molar-refractivity contribution in [1.29, 1.82) is 0 Å². The second-order valence-electron chi connectivity index (χ2n) is 5.36. The topological polar surface area (TPSA) is 133 Å². The number of esters is 1. The lowest BCUT2D eigenvalue weighted by atomic mass is 9.61. The number of ketones is 2. The van der Waals surface area contributed by atoms with Crippen molar-refractivity contribution >= 4 is 30.0 Å². The highest BCUT2D eigenvalue weighted by molar-refractivity contribution is 6.32. The monoisotopic (exact) mass is 326 g/mol. The first kappa shape index (κ1) is 17.1. The number of carbonyl (C=O) groups excluding carboxylic acids is 3. The second kappa shape index (κ2) is 7.87. The highest BCUT2D eigenvalue weighted by Gasteiger charge is 2.54. The molecular formula is C16H14N4O4. The fourth-order valence-corrected chi connectivity index (χ4v) is 2.72. The summed E-state index contributed by atoms with van der Waals surface area (Å²) >= 11 is 0. The summed E-state index contributed by atoms with van der Waals surface area (Å²) in [6.07, 6.45) is 1.44. The van der Waals surface area contributed by atoms with E-state index in [1.807, 2.05) is 6.07 Å². The standard InChI is InChI=1S/C16H14N4O4/c17-19-7-13(21)11-6-12(15(11)14(22)8-20-18)16(23)24-9-10-4-2-1-3-5-10/h1-5,7-8,11-12,15H,6,9H2. The van der Waals surface area contributed by atoms with Crippen LogP contribution < -0.4 is 0 Å². The van der Waals surface area contributed by atoms with Crippen LogP contribution >= 0.6 is 0 Å². The molecule has 1 aliphatic carbocycles. The van der Waals surface area contributed by atoms with E-state index < -0.39 is 35.3 Å². The van der Waals surface area contributed by atoms with Crippen molar-refractivity contribution in [3.05, 3.63) is 47.0 Å². The van der Waals surface area contributed by atoms with Gasteiger partial charge in [0.2, 0.25) is 11.6 Å². The summed E-state index contributed by atoms with van der Waals surface area (Å²) in [4.78, 5) is 41.2. The van der Waals surface area contributed by atoms with Crippen LogP contribution in [0.25, 0.3) is 11.1 Å². The quantitative estimate of drug-likeness (QED) is 0.316. The van der Waals surface area contributed by atoms with Gasteiger partial charge in [0, 0.05) is 5.92 Å². The molecule has 2 rings (SSSR count). The number of rotatable bonds is 7. The SMILES string of the molecule is [N-]=[N+]=CC(=O)C1CC(C(=O)OCc2ccccc2)C1C(=O)C=[N+]=[N-]. The van der Waals surface area contributed by atoms with E-state index in [1.54, 1.807) is 24.3 Å². The van der Waals surface area contributed by atoms with Crippen LogP contribution in [0.3, 0.4) is 0 Å². The Bertz CT molecular complexity index is 749. The smallest absolute Gasteiger partial charge is 0.323 e. The normalized spacial score (nSPS) is 21.4. The predicted molar refractivity (Wildman–Crippen MR) is 80.7 cm³/mol. The molecule has 0 N–H and O–H groups in total. The maximum atomic E-state index is 12.2. The van der Waals surface area contributed by atoms with Gasteiger partial charge in [-0.1, -0.05) is 30.3 Å². The second-order valence-corrected chi connectivity index (χ2v) is 5.36. The Kier molecular flexibility index (Phi) is 5.63. The molecule has 0 heterocycles. The summed E-state index contributed by atoms with van der Waals surface area (Å²) in [7, 11) is 0. The number of nitrogens with zero attached hydrogens (tertiary/aromatic N) is 4. The van der Waals surface area contributed by atoms with Gasteiger partial charge in [-0.05, 0) is 12.0 Å². The molecule has 24 heavy (non-hydrogen) atoms. The minimum absolute atomic E-state index is 0.0574. The highest BCUT2D eigenvalue weighted by atomic mass is 16.5. The van der Waals surface area contributed by atoms with Crippen LogP contribution in [0.5, 0.6) is 0 Å². The minimum Gasteiger partial charge on any atom is -0.461 e. The Hall–Kier alpha value is -3.21. The summed E-state index contributed by atoms with van der Waals surface area (Å²) in [5.74, 6) is -4.44. The third kappa shape index (κ3) is 3.76. The van der Waals surface area contributed by atoms with Crippen molar-refractivity contribution < 1.29 is 28.7 Å². The van der Waals surface area contributed by atoms with Gasteiger partial charge < -0.3 is 15.8 Å². The maximum absolute atomic E-state index is 12.2. The van der Waals surface area contributed by atoms with Gasteiger partial charge in [0.1, 0.15) is 6.61 Å². The van der Waals surface area contributed by atoms with Crippen LogP contribution in [0.15, 0.2) is 30.3 Å². The summed E-state index contributed by atoms with van der Waals surface area (Å²) in [5.41, 5.74) is 17.7. The molecule has 0 radical (unpaired) electrons. The molecule has 3 unspecified atom stereocenters. The lowest BCUT2D eigenvalue weighted by Crippen LogP contribution is -2.50. The number of Topliss-reactive ketones (excluding diaryl/α,β-unsaturated/α-hetero) is 2. The van der Waals surface area contributed by atoms with Crippen molar-refractivity contribution in [2.24, 2.45) is 17.8 Å². The van der Waals surface area contributed by atoms with Crippen LogP contribution in [0.2, 0.25) is 0 Å². The molecule has 122 valence electrons. The molecule has 0 spiro atoms. The van der Waals surface area contributed by atoms with Crippen molar-refractivity contribution in [2.45, 2.75) is 13.0 Å². The first-order valence-electron chi connectivity index (χ1n) is 7.21. The van der Waals surface area contributed by atoms with Crippen LogP contribution in [-0.2, 0) is 25.7 Å². The van der Waals surface area contributed by atoms with E-state index >= 15 is 0 Å². The average molecular weight is 326 g/mol. The van der Waals surface area contributed by atoms with Gasteiger partial charge >= 0.3 is 18.4 Å². The number of hydrogen-bond donors (Lipinski definition) is 0. The van der Waals surface area contributed by atoms with Gasteiger partial charge in [0.25, 0.3) is 0 Å². The molecule has 1 aliphatic rings. The van der Waals surface area contributed by atoms with E-state index in [0.717, 1.165) is 5.56 Å². The van der Waals surface area contributed by atoms with E-state index in [-0.39, 0.29) is 13.0 Å². The molecule has 0 saturated heterocycles. The first-order chi connectivity index (χ1) is 11.6. The third-order valence-electron chi connectivity index (χ3n) is 3.97. The Morgan fingerprint density at radius 2 is 1.67 bits per heavy atom. The van der Waals surface area contributed by atoms with Crippen LogP contribution in [0, 0.1) is 17.8 Å². The zero-order valence-electron chi connectivity index (χ0n) is 12.6. The van der Waals surface area contributed by atoms with E-state index in [4.69, 9.17) is 15.8 Å². The van der Waals surface area contributed by atoms with Gasteiger partial charge in [-0.15, -0.1) is 0 Å². The zero-order valence-corrected chi connectivity index (χ0v) is 12.6. The fourth-order valence-electron chi connectivity index (χ4n) is 2.72. The lowest BCUT2D eigenvalue weighted by Gasteiger charge is -2.38. The summed E-state index contributed by atoms with van der Waals surface area (Å²) in [6, 6.07) is 9.02. The number of hydrogen-bond acceptors (Lipinski definition) is 4. The van der Waals surface area contributed by atoms with E-state index in [9.17, 15) is 14.4 Å². The van der Waals surface area contributed by atoms with Crippen molar-refractivity contribution in [3.8, 4) is 0 Å². The zero-order chi connectivity index (χ0) is 17.5. The first-order valence-corrected chi connectivity index (χ1v) is 7.21. The molecule has 0 amide bonds. The maximum Gasteiger partial charge on any atom is 0.323 e. The molecule has 0 aliphatic heterocycles. The number of carbonyl (C=O) groups is 3. The molecule has 8 heteroatoms. The van der Waals surface area contributed by atoms with Gasteiger partial charge in [0.05, 0.1) is 11.8 Å². The van der Waals surface area contributed by atoms with Crippen molar-refractivity contribution in [1.82, 2.24) is 0 Å². The van der Waals surface area contributed by atoms with Gasteiger partial charge in [-0.2, -0.15) is 9.58 Å². The molecule has 1 aromatic rings. The molecule has 0 aromatic heterocycles. The Labute approximate surface area is 137 Å². The van der Waals surface area contributed by atoms with Crippen LogP contribution in [0.1, 0.15) is 12.0 Å². The summed E-state index contributed by atoms with van der Waals surface area (Å²) in [6.45, 7) is 0.0574. The van der Waals surface area contributed by atoms with Crippen LogP contribution in [-0.4, -0.2) is 39.5 Å². The third-order valence-corrected chi connectivity index (χ3v) is 3.97. The molecular weight excluding hydrogens is 312 g/mol. The molecule has 0 bridgehead atoms. The fraction of sp³-hybridized carbons (Fsp3) is 0.312. The van der Waals surface area contributed by atoms with E-state index in [1.165, 1.54) is 0 Å². The predicted octanol–water partition coefficient (Wildman–Crippen LogP) is 0.722. The molecule has 3 atom stereocenters. The molecule has 8 nitrogen and oxygen atoms in total. The van der Waals surface area contributed by atoms with Gasteiger partial charge in [-0.3, -0.25) is 14.4 Å². The average Bonchev–Trinajstić information content (AvgIpc) is 2.53. The molecule has 1 saturated carbocycles. The number of benzene rings is 1. The Balaban J connectivity index is 2.06. The Morgan fingerprint density at radius 3 is 2.29 bits per heavy atom. The Morgan fingerprint density at radius 1 is 1.04 bits per heavy atom. The lowest BCUT2D eigenvalue weighted by molar-refractivity contribution is -0.164. The van der Waals surface area contributed by atoms with E-state index in [2.05, 4.69) is 9.58 Å². The highest BCUT2D eigenvalue weighted by Crippen LogP contribution is 2.42. The van der Waals surface area contributed by atoms with Crippen LogP contribution in [0.4, 0.5) is 0 Å². The summed E-state index contributed by atoms with van der Waals surface area (Å²) in [5, 5.41) is 0.